The molecule has 0 aliphatic carbocycles. The Balaban J connectivity index is 2.34. The Hall–Kier alpha value is -1.74. The molecule has 0 aliphatic heterocycles. The fraction of sp³-hybridized carbons (Fsp3) is 0. The van der Waals surface area contributed by atoms with Crippen molar-refractivity contribution in [3.8, 4) is 0 Å². The molecule has 0 saturated heterocycles. The average molecular weight is 254 g/mol. The van der Waals surface area contributed by atoms with Gasteiger partial charge in [0, 0.05) is 12.4 Å². The molecular formula is C7H6N6OS2. The van der Waals surface area contributed by atoms with Crippen molar-refractivity contribution in [2.75, 3.05) is 0 Å². The molecule has 0 unspecified atom stereocenters. The topological polar surface area (TPSA) is 110 Å². The normalized spacial score (nSPS) is 11.6. The van der Waals surface area contributed by atoms with E-state index >= 15 is 0 Å². The smallest absolute Gasteiger partial charge is 0.191 e. The number of amidine groups is 1. The number of nitrogens with two attached hydrogens (primary N) is 1. The second kappa shape index (κ2) is 4.86. The fourth-order valence-electron chi connectivity index (χ4n) is 0.913. The maximum Gasteiger partial charge on any atom is 0.191 e. The van der Waals surface area contributed by atoms with E-state index in [4.69, 9.17) is 10.9 Å². The maximum atomic E-state index is 8.60. The van der Waals surface area contributed by atoms with E-state index in [1.165, 1.54) is 35.5 Å². The number of hydrogen-bond acceptors (Lipinski definition) is 8. The minimum atomic E-state index is -0.0832. The van der Waals surface area contributed by atoms with E-state index in [-0.39, 0.29) is 5.84 Å². The van der Waals surface area contributed by atoms with Crippen LogP contribution >= 0.6 is 23.1 Å². The summed E-state index contributed by atoms with van der Waals surface area (Å²) < 4.78 is 0.715. The van der Waals surface area contributed by atoms with Crippen LogP contribution in [0.15, 0.2) is 32.4 Å². The predicted molar refractivity (Wildman–Crippen MR) is 58.6 cm³/mol. The van der Waals surface area contributed by atoms with Crippen molar-refractivity contribution in [1.82, 2.24) is 20.2 Å². The Morgan fingerprint density at radius 1 is 1.44 bits per heavy atom. The van der Waals surface area contributed by atoms with Crippen molar-refractivity contribution < 1.29 is 5.21 Å². The van der Waals surface area contributed by atoms with E-state index in [9.17, 15) is 0 Å². The largest absolute Gasteiger partial charge is 0.409 e. The molecule has 2 rings (SSSR count). The zero-order chi connectivity index (χ0) is 11.4. The molecule has 0 amide bonds. The van der Waals surface area contributed by atoms with Gasteiger partial charge in [-0.1, -0.05) is 16.5 Å². The van der Waals surface area contributed by atoms with E-state index in [1.54, 1.807) is 5.51 Å². The van der Waals surface area contributed by atoms with Gasteiger partial charge in [-0.15, -0.1) is 10.2 Å². The first kappa shape index (κ1) is 10.8. The van der Waals surface area contributed by atoms with Crippen LogP contribution in [0.25, 0.3) is 0 Å². The van der Waals surface area contributed by atoms with E-state index in [0.717, 1.165) is 0 Å². The minimum Gasteiger partial charge on any atom is -0.409 e. The van der Waals surface area contributed by atoms with Gasteiger partial charge in [0.2, 0.25) is 0 Å². The van der Waals surface area contributed by atoms with E-state index in [2.05, 4.69) is 25.3 Å². The summed E-state index contributed by atoms with van der Waals surface area (Å²) in [5, 5.41) is 19.6. The van der Waals surface area contributed by atoms with Crippen LogP contribution in [0.2, 0.25) is 0 Å². The van der Waals surface area contributed by atoms with Crippen LogP contribution in [0, 0.1) is 0 Å². The Bertz CT molecular complexity index is 499. The van der Waals surface area contributed by atoms with Gasteiger partial charge >= 0.3 is 0 Å². The molecule has 7 nitrogen and oxygen atoms in total. The first-order valence-corrected chi connectivity index (χ1v) is 5.74. The van der Waals surface area contributed by atoms with Gasteiger partial charge in [0.1, 0.15) is 16.2 Å². The lowest BCUT2D eigenvalue weighted by Crippen LogP contribution is -2.16. The van der Waals surface area contributed by atoms with Crippen LogP contribution < -0.4 is 5.73 Å². The third-order valence-electron chi connectivity index (χ3n) is 1.54. The Morgan fingerprint density at radius 3 is 2.94 bits per heavy atom. The molecule has 9 heteroatoms. The quantitative estimate of drug-likeness (QED) is 0.356. The molecular weight excluding hydrogens is 248 g/mol. The van der Waals surface area contributed by atoms with Gasteiger partial charge in [-0.25, -0.2) is 9.97 Å². The van der Waals surface area contributed by atoms with E-state index in [1.807, 2.05) is 0 Å². The minimum absolute atomic E-state index is 0.0832. The lowest BCUT2D eigenvalue weighted by molar-refractivity contribution is 0.318. The standard InChI is InChI=1S/C7H6N6OS2/c8-5(13-14)4-6(10-2-1-9-4)16-7-12-11-3-15-7/h1-3,14H,(H2,8,13). The molecule has 82 valence electrons. The maximum absolute atomic E-state index is 8.60. The lowest BCUT2D eigenvalue weighted by atomic mass is 10.4. The number of hydrogen-bond donors (Lipinski definition) is 2. The fourth-order valence-corrected chi connectivity index (χ4v) is 2.37. The molecule has 2 aromatic rings. The summed E-state index contributed by atoms with van der Waals surface area (Å²) in [6, 6.07) is 0. The Kier molecular flexibility index (Phi) is 3.27. The predicted octanol–water partition coefficient (Wildman–Crippen LogP) is 0.574. The molecule has 0 atom stereocenters. The van der Waals surface area contributed by atoms with Gasteiger partial charge in [0.05, 0.1) is 0 Å². The van der Waals surface area contributed by atoms with Gasteiger partial charge in [-0.05, 0) is 11.8 Å². The highest BCUT2D eigenvalue weighted by molar-refractivity contribution is 8.01. The molecule has 0 aromatic carbocycles. The van der Waals surface area contributed by atoms with Crippen molar-refractivity contribution in [3.05, 3.63) is 23.6 Å². The van der Waals surface area contributed by atoms with Crippen LogP contribution in [0.4, 0.5) is 0 Å². The summed E-state index contributed by atoms with van der Waals surface area (Å²) >= 11 is 2.64. The Morgan fingerprint density at radius 2 is 2.25 bits per heavy atom. The monoisotopic (exact) mass is 254 g/mol. The summed E-state index contributed by atoms with van der Waals surface area (Å²) in [7, 11) is 0. The van der Waals surface area contributed by atoms with Gasteiger partial charge < -0.3 is 10.9 Å². The zero-order valence-corrected chi connectivity index (χ0v) is 9.44. The highest BCUT2D eigenvalue weighted by atomic mass is 32.2. The average Bonchev–Trinajstić information content (AvgIpc) is 2.82. The van der Waals surface area contributed by atoms with Crippen LogP contribution in [-0.2, 0) is 0 Å². The van der Waals surface area contributed by atoms with Crippen molar-refractivity contribution in [3.63, 3.8) is 0 Å². The number of oxime groups is 1. The van der Waals surface area contributed by atoms with Gasteiger partial charge in [-0.3, -0.25) is 0 Å². The highest BCUT2D eigenvalue weighted by Crippen LogP contribution is 2.28. The SMILES string of the molecule is NC(=NO)c1nccnc1Sc1nncs1. The van der Waals surface area contributed by atoms with Crippen LogP contribution in [0.1, 0.15) is 5.69 Å². The number of nitrogens with zero attached hydrogens (tertiary/aromatic N) is 5. The molecule has 0 bridgehead atoms. The van der Waals surface area contributed by atoms with Crippen molar-refractivity contribution in [1.29, 1.82) is 0 Å². The summed E-state index contributed by atoms with van der Waals surface area (Å²) in [6.45, 7) is 0. The summed E-state index contributed by atoms with van der Waals surface area (Å²) in [6.07, 6.45) is 3.00. The summed E-state index contributed by atoms with van der Waals surface area (Å²) in [5.41, 5.74) is 7.41. The van der Waals surface area contributed by atoms with Gasteiger partial charge in [-0.2, -0.15) is 0 Å². The first-order chi connectivity index (χ1) is 7.81. The zero-order valence-electron chi connectivity index (χ0n) is 7.81. The van der Waals surface area contributed by atoms with Crippen LogP contribution in [0.3, 0.4) is 0 Å². The molecule has 0 fully saturated rings. The van der Waals surface area contributed by atoms with Crippen LogP contribution in [0.5, 0.6) is 0 Å². The number of aromatic nitrogens is 4. The summed E-state index contributed by atoms with van der Waals surface area (Å²) in [5.74, 6) is -0.0832. The van der Waals surface area contributed by atoms with E-state index < -0.39 is 0 Å². The molecule has 0 aliphatic rings. The van der Waals surface area contributed by atoms with E-state index in [0.29, 0.717) is 15.1 Å². The van der Waals surface area contributed by atoms with Crippen LogP contribution in [-0.4, -0.2) is 31.2 Å². The second-order valence-corrected chi connectivity index (χ2v) is 4.57. The third-order valence-corrected chi connectivity index (χ3v) is 3.31. The highest BCUT2D eigenvalue weighted by Gasteiger charge is 2.12. The summed E-state index contributed by atoms with van der Waals surface area (Å²) in [4.78, 5) is 8.08. The molecule has 16 heavy (non-hydrogen) atoms. The third kappa shape index (κ3) is 2.25. The first-order valence-electron chi connectivity index (χ1n) is 4.04. The van der Waals surface area contributed by atoms with Crippen molar-refractivity contribution >= 4 is 28.9 Å². The van der Waals surface area contributed by atoms with Gasteiger partial charge in [0.25, 0.3) is 0 Å². The van der Waals surface area contributed by atoms with Crippen molar-refractivity contribution in [2.24, 2.45) is 10.9 Å². The second-order valence-electron chi connectivity index (χ2n) is 2.50. The molecule has 0 saturated carbocycles. The molecule has 0 spiro atoms. The molecule has 3 N–H and O–H groups in total. The Labute approximate surface area is 98.4 Å². The molecule has 2 heterocycles. The number of rotatable bonds is 3. The van der Waals surface area contributed by atoms with Crippen molar-refractivity contribution in [2.45, 2.75) is 9.37 Å². The molecule has 2 aromatic heterocycles. The van der Waals surface area contributed by atoms with Gasteiger partial charge in [0.15, 0.2) is 10.2 Å². The lowest BCUT2D eigenvalue weighted by Gasteiger charge is -2.02. The molecule has 0 radical (unpaired) electrons.